The predicted octanol–water partition coefficient (Wildman–Crippen LogP) is 4.40. The third-order valence-electron chi connectivity index (χ3n) is 4.43. The molecule has 0 aromatic heterocycles. The molecule has 0 unspecified atom stereocenters. The van der Waals surface area contributed by atoms with E-state index in [-0.39, 0.29) is 5.69 Å². The van der Waals surface area contributed by atoms with E-state index in [1.807, 2.05) is 45.0 Å². The number of carbonyl (C=O) groups is 1. The number of nitro groups is 1. The Bertz CT molecular complexity index is 904. The number of hydrogen-bond acceptors (Lipinski definition) is 4. The zero-order chi connectivity index (χ0) is 20.2. The predicted molar refractivity (Wildman–Crippen MR) is 108 cm³/mol. The SMILES string of the molecule is CN=C(C)c1cccc(C(C)(C)NC(=O)Nc2ccc(C)c([N+](=O)[O-])c2)c1. The number of aryl methyl sites for hydroxylation is 1. The summed E-state index contributed by atoms with van der Waals surface area (Å²) in [6, 6.07) is 12.0. The molecule has 0 heterocycles. The van der Waals surface area contributed by atoms with Crippen molar-refractivity contribution in [1.82, 2.24) is 5.32 Å². The van der Waals surface area contributed by atoms with Gasteiger partial charge in [0, 0.05) is 30.1 Å². The fraction of sp³-hybridized carbons (Fsp3) is 0.300. The molecule has 2 aromatic carbocycles. The minimum Gasteiger partial charge on any atom is -0.329 e. The lowest BCUT2D eigenvalue weighted by Crippen LogP contribution is -2.43. The summed E-state index contributed by atoms with van der Waals surface area (Å²) in [5.74, 6) is 0. The molecule has 0 aliphatic rings. The molecule has 2 aromatic rings. The molecule has 0 spiro atoms. The van der Waals surface area contributed by atoms with Crippen LogP contribution in [0.1, 0.15) is 37.5 Å². The summed E-state index contributed by atoms with van der Waals surface area (Å²) in [5.41, 5.74) is 3.04. The summed E-state index contributed by atoms with van der Waals surface area (Å²) in [7, 11) is 1.74. The van der Waals surface area contributed by atoms with Crippen LogP contribution in [-0.2, 0) is 5.54 Å². The van der Waals surface area contributed by atoms with E-state index in [0.717, 1.165) is 16.8 Å². The van der Waals surface area contributed by atoms with Gasteiger partial charge in [-0.2, -0.15) is 0 Å². The van der Waals surface area contributed by atoms with Gasteiger partial charge in [0.25, 0.3) is 5.69 Å². The molecule has 0 saturated heterocycles. The van der Waals surface area contributed by atoms with E-state index in [1.54, 1.807) is 26.1 Å². The number of anilines is 1. The molecule has 0 fully saturated rings. The molecule has 0 radical (unpaired) electrons. The summed E-state index contributed by atoms with van der Waals surface area (Å²) in [4.78, 5) is 27.2. The first-order chi connectivity index (χ1) is 12.6. The van der Waals surface area contributed by atoms with E-state index in [0.29, 0.717) is 11.3 Å². The molecule has 7 heteroatoms. The Balaban J connectivity index is 2.17. The minimum absolute atomic E-state index is 0.0333. The fourth-order valence-electron chi connectivity index (χ4n) is 2.66. The first-order valence-corrected chi connectivity index (χ1v) is 8.52. The lowest BCUT2D eigenvalue weighted by molar-refractivity contribution is -0.385. The molecule has 27 heavy (non-hydrogen) atoms. The molecule has 0 aliphatic carbocycles. The first-order valence-electron chi connectivity index (χ1n) is 8.52. The maximum atomic E-state index is 12.4. The topological polar surface area (TPSA) is 96.6 Å². The molecule has 2 rings (SSSR count). The smallest absolute Gasteiger partial charge is 0.319 e. The van der Waals surface area contributed by atoms with Crippen LogP contribution in [0.3, 0.4) is 0 Å². The number of nitrogens with one attached hydrogen (secondary N) is 2. The molecular formula is C20H24N4O3. The Hall–Kier alpha value is -3.22. The van der Waals surface area contributed by atoms with Crippen molar-refractivity contribution in [3.63, 3.8) is 0 Å². The van der Waals surface area contributed by atoms with Gasteiger partial charge in [0.05, 0.1) is 10.5 Å². The molecule has 142 valence electrons. The second kappa shape index (κ2) is 7.99. The molecule has 7 nitrogen and oxygen atoms in total. The standard InChI is InChI=1S/C20H24N4O3/c1-13-9-10-17(12-18(13)24(26)27)22-19(25)23-20(3,4)16-8-6-7-15(11-16)14(2)21-5/h6-12H,1-5H3,(H2,22,23,25). The molecule has 0 bridgehead atoms. The average Bonchev–Trinajstić information content (AvgIpc) is 2.62. The number of nitrogens with zero attached hydrogens (tertiary/aromatic N) is 2. The van der Waals surface area contributed by atoms with Gasteiger partial charge >= 0.3 is 6.03 Å². The van der Waals surface area contributed by atoms with Crippen LogP contribution >= 0.6 is 0 Å². The number of amides is 2. The maximum Gasteiger partial charge on any atom is 0.319 e. The Morgan fingerprint density at radius 3 is 2.52 bits per heavy atom. The van der Waals surface area contributed by atoms with E-state index in [4.69, 9.17) is 0 Å². The van der Waals surface area contributed by atoms with Gasteiger partial charge < -0.3 is 10.6 Å². The van der Waals surface area contributed by atoms with Gasteiger partial charge in [-0.1, -0.05) is 24.3 Å². The number of nitro benzene ring substituents is 1. The quantitative estimate of drug-likeness (QED) is 0.465. The van der Waals surface area contributed by atoms with E-state index in [9.17, 15) is 14.9 Å². The van der Waals surface area contributed by atoms with E-state index in [2.05, 4.69) is 15.6 Å². The molecule has 0 saturated carbocycles. The van der Waals surface area contributed by atoms with Gasteiger partial charge in [-0.05, 0) is 51.0 Å². The fourth-order valence-corrected chi connectivity index (χ4v) is 2.66. The number of urea groups is 1. The normalized spacial score (nSPS) is 11.8. The third-order valence-corrected chi connectivity index (χ3v) is 4.43. The summed E-state index contributed by atoms with van der Waals surface area (Å²) < 4.78 is 0. The number of carbonyl (C=O) groups excluding carboxylic acids is 1. The monoisotopic (exact) mass is 368 g/mol. The van der Waals surface area contributed by atoms with Crippen LogP contribution in [0.25, 0.3) is 0 Å². The van der Waals surface area contributed by atoms with Crippen LogP contribution in [0.15, 0.2) is 47.5 Å². The van der Waals surface area contributed by atoms with Gasteiger partial charge in [0.2, 0.25) is 0 Å². The number of benzene rings is 2. The largest absolute Gasteiger partial charge is 0.329 e. The Morgan fingerprint density at radius 1 is 1.19 bits per heavy atom. The van der Waals surface area contributed by atoms with Gasteiger partial charge in [-0.15, -0.1) is 0 Å². The van der Waals surface area contributed by atoms with Crippen molar-refractivity contribution in [2.24, 2.45) is 4.99 Å². The highest BCUT2D eigenvalue weighted by atomic mass is 16.6. The Labute approximate surface area is 158 Å². The number of hydrogen-bond donors (Lipinski definition) is 2. The van der Waals surface area contributed by atoms with Crippen molar-refractivity contribution in [1.29, 1.82) is 0 Å². The van der Waals surface area contributed by atoms with Crippen molar-refractivity contribution in [3.8, 4) is 0 Å². The van der Waals surface area contributed by atoms with Crippen molar-refractivity contribution in [2.45, 2.75) is 33.2 Å². The average molecular weight is 368 g/mol. The zero-order valence-corrected chi connectivity index (χ0v) is 16.2. The molecule has 0 atom stereocenters. The first kappa shape index (κ1) is 20.1. The van der Waals surface area contributed by atoms with Crippen LogP contribution in [-0.4, -0.2) is 23.7 Å². The zero-order valence-electron chi connectivity index (χ0n) is 16.2. The highest BCUT2D eigenvalue weighted by Gasteiger charge is 2.24. The summed E-state index contributed by atoms with van der Waals surface area (Å²) in [6.07, 6.45) is 0. The lowest BCUT2D eigenvalue weighted by Gasteiger charge is -2.27. The van der Waals surface area contributed by atoms with Crippen LogP contribution in [0, 0.1) is 17.0 Å². The van der Waals surface area contributed by atoms with E-state index < -0.39 is 16.5 Å². The van der Waals surface area contributed by atoms with Gasteiger partial charge in [-0.25, -0.2) is 4.79 Å². The van der Waals surface area contributed by atoms with Crippen LogP contribution < -0.4 is 10.6 Å². The third kappa shape index (κ3) is 4.91. The van der Waals surface area contributed by atoms with Crippen LogP contribution in [0.5, 0.6) is 0 Å². The molecule has 2 amide bonds. The number of aliphatic imine (C=N–C) groups is 1. The molecule has 0 aliphatic heterocycles. The highest BCUT2D eigenvalue weighted by Crippen LogP contribution is 2.24. The van der Waals surface area contributed by atoms with Crippen molar-refractivity contribution >= 4 is 23.1 Å². The van der Waals surface area contributed by atoms with Gasteiger partial charge in [-0.3, -0.25) is 15.1 Å². The van der Waals surface area contributed by atoms with Gasteiger partial charge in [0.15, 0.2) is 0 Å². The number of rotatable bonds is 5. The maximum absolute atomic E-state index is 12.4. The van der Waals surface area contributed by atoms with Crippen LogP contribution in [0.4, 0.5) is 16.2 Å². The Morgan fingerprint density at radius 2 is 1.89 bits per heavy atom. The van der Waals surface area contributed by atoms with Crippen molar-refractivity contribution in [2.75, 3.05) is 12.4 Å². The molecule has 2 N–H and O–H groups in total. The van der Waals surface area contributed by atoms with Gasteiger partial charge in [0.1, 0.15) is 0 Å². The Kier molecular flexibility index (Phi) is 5.95. The lowest BCUT2D eigenvalue weighted by atomic mass is 9.92. The highest BCUT2D eigenvalue weighted by molar-refractivity contribution is 5.98. The van der Waals surface area contributed by atoms with Crippen molar-refractivity contribution in [3.05, 3.63) is 69.3 Å². The second-order valence-corrected chi connectivity index (χ2v) is 6.85. The summed E-state index contributed by atoms with van der Waals surface area (Å²) >= 11 is 0. The van der Waals surface area contributed by atoms with E-state index >= 15 is 0 Å². The summed E-state index contributed by atoms with van der Waals surface area (Å²) in [5, 5.41) is 16.6. The summed E-state index contributed by atoms with van der Waals surface area (Å²) in [6.45, 7) is 7.36. The second-order valence-electron chi connectivity index (χ2n) is 6.85. The van der Waals surface area contributed by atoms with E-state index in [1.165, 1.54) is 6.07 Å². The molecular weight excluding hydrogens is 344 g/mol. The minimum atomic E-state index is -0.648. The van der Waals surface area contributed by atoms with Crippen LogP contribution in [0.2, 0.25) is 0 Å². The van der Waals surface area contributed by atoms with Crippen molar-refractivity contribution < 1.29 is 9.72 Å².